The molecule has 0 bridgehead atoms. The summed E-state index contributed by atoms with van der Waals surface area (Å²) in [6, 6.07) is 1.90. The second kappa shape index (κ2) is 9.86. The molecule has 36 heavy (non-hydrogen) atoms. The molecule has 8 nitrogen and oxygen atoms in total. The van der Waals surface area contributed by atoms with Gasteiger partial charge in [0.05, 0.1) is 22.9 Å². The first-order valence-corrected chi connectivity index (χ1v) is 13.4. The van der Waals surface area contributed by atoms with E-state index in [0.29, 0.717) is 25.8 Å². The van der Waals surface area contributed by atoms with Crippen molar-refractivity contribution in [2.45, 2.75) is 68.7 Å². The third-order valence-corrected chi connectivity index (χ3v) is 9.27. The molecule has 0 radical (unpaired) electrons. The van der Waals surface area contributed by atoms with Crippen LogP contribution in [0.4, 0.5) is 14.5 Å². The maximum atomic E-state index is 14.0. The molecule has 0 saturated carbocycles. The minimum absolute atomic E-state index is 0.0132. The number of rotatable bonds is 7. The number of nitrogens with zero attached hydrogens (tertiary/aromatic N) is 2. The highest BCUT2D eigenvalue weighted by Gasteiger charge is 2.46. The van der Waals surface area contributed by atoms with E-state index in [1.807, 2.05) is 0 Å². The number of hydrogen-bond donors (Lipinski definition) is 3. The summed E-state index contributed by atoms with van der Waals surface area (Å²) < 4.78 is 57.8. The van der Waals surface area contributed by atoms with E-state index in [1.165, 1.54) is 21.9 Å². The van der Waals surface area contributed by atoms with Gasteiger partial charge in [-0.05, 0) is 57.7 Å². The number of allylic oxidation sites excluding steroid dienone is 1. The molecule has 1 fully saturated rings. The molecule has 0 spiro atoms. The van der Waals surface area contributed by atoms with Gasteiger partial charge in [-0.2, -0.15) is 4.31 Å². The van der Waals surface area contributed by atoms with Gasteiger partial charge in [-0.25, -0.2) is 17.2 Å². The highest BCUT2D eigenvalue weighted by molar-refractivity contribution is 7.89. The first kappa shape index (κ1) is 26.7. The zero-order chi connectivity index (χ0) is 26.4. The zero-order valence-electron chi connectivity index (χ0n) is 19.8. The van der Waals surface area contributed by atoms with Gasteiger partial charge in [0.2, 0.25) is 10.0 Å². The normalized spacial score (nSPS) is 21.9. The SMILES string of the molecule is CC1CCC(CC(C)(O)CO)N1S(=O)(=O)c1c(Cl)c(C(=O)Nc2ccc(F)c(F)c2)n2c1C=CCC2. The smallest absolute Gasteiger partial charge is 0.273 e. The van der Waals surface area contributed by atoms with Crippen LogP contribution < -0.4 is 5.32 Å². The summed E-state index contributed by atoms with van der Waals surface area (Å²) >= 11 is 6.61. The summed E-state index contributed by atoms with van der Waals surface area (Å²) in [5, 5.41) is 22.1. The molecule has 196 valence electrons. The third-order valence-electron chi connectivity index (χ3n) is 6.65. The molecular weight excluding hydrogens is 516 g/mol. The molecule has 2 aliphatic heterocycles. The summed E-state index contributed by atoms with van der Waals surface area (Å²) in [6.07, 6.45) is 4.98. The number of aliphatic hydroxyl groups excluding tert-OH is 1. The Hall–Kier alpha value is -2.31. The largest absolute Gasteiger partial charge is 0.393 e. The first-order valence-electron chi connectivity index (χ1n) is 11.6. The number of aliphatic hydroxyl groups is 2. The van der Waals surface area contributed by atoms with Gasteiger partial charge in [-0.3, -0.25) is 4.79 Å². The van der Waals surface area contributed by atoms with E-state index in [0.717, 1.165) is 12.1 Å². The minimum Gasteiger partial charge on any atom is -0.393 e. The van der Waals surface area contributed by atoms with E-state index in [-0.39, 0.29) is 33.4 Å². The van der Waals surface area contributed by atoms with Crippen LogP contribution >= 0.6 is 11.6 Å². The average Bonchev–Trinajstić information content (AvgIpc) is 3.32. The molecule has 3 N–H and O–H groups in total. The van der Waals surface area contributed by atoms with E-state index < -0.39 is 51.9 Å². The molecule has 3 unspecified atom stereocenters. The topological polar surface area (TPSA) is 112 Å². The van der Waals surface area contributed by atoms with Crippen LogP contribution in [0.15, 0.2) is 29.2 Å². The second-order valence-corrected chi connectivity index (χ2v) is 11.7. The summed E-state index contributed by atoms with van der Waals surface area (Å²) in [6.45, 7) is 2.97. The zero-order valence-corrected chi connectivity index (χ0v) is 21.4. The average molecular weight is 544 g/mol. The van der Waals surface area contributed by atoms with Crippen molar-refractivity contribution in [1.82, 2.24) is 8.87 Å². The molecule has 0 aliphatic carbocycles. The van der Waals surface area contributed by atoms with Gasteiger partial charge in [0.15, 0.2) is 11.6 Å². The third kappa shape index (κ3) is 4.82. The number of amides is 1. The van der Waals surface area contributed by atoms with Crippen LogP contribution in [0, 0.1) is 11.6 Å². The summed E-state index contributed by atoms with van der Waals surface area (Å²) in [4.78, 5) is 13.0. The lowest BCUT2D eigenvalue weighted by Gasteiger charge is -2.32. The van der Waals surface area contributed by atoms with E-state index in [9.17, 15) is 32.2 Å². The van der Waals surface area contributed by atoms with Gasteiger partial charge in [0.25, 0.3) is 5.91 Å². The van der Waals surface area contributed by atoms with Crippen LogP contribution in [0.1, 0.15) is 55.7 Å². The highest BCUT2D eigenvalue weighted by Crippen LogP contribution is 2.41. The van der Waals surface area contributed by atoms with Gasteiger partial charge < -0.3 is 20.1 Å². The number of aromatic nitrogens is 1. The Morgan fingerprint density at radius 3 is 2.67 bits per heavy atom. The van der Waals surface area contributed by atoms with Crippen LogP contribution in [0.5, 0.6) is 0 Å². The van der Waals surface area contributed by atoms with Crippen LogP contribution in [-0.2, 0) is 16.6 Å². The number of carbonyl (C=O) groups excluding carboxylic acids is 1. The predicted octanol–water partition coefficient (Wildman–Crippen LogP) is 3.76. The fourth-order valence-electron chi connectivity index (χ4n) is 4.96. The Labute approximate surface area is 213 Å². The number of halogens is 3. The van der Waals surface area contributed by atoms with E-state index in [2.05, 4.69) is 5.32 Å². The maximum absolute atomic E-state index is 14.0. The van der Waals surface area contributed by atoms with E-state index in [4.69, 9.17) is 11.6 Å². The molecule has 1 aromatic carbocycles. The van der Waals surface area contributed by atoms with Crippen molar-refractivity contribution < 1.29 is 32.2 Å². The standard InChI is InChI=1S/C24H28ClF2N3O5S/c1-14-6-8-16(12-24(2,33)13-31)30(14)36(34,35)22-19-5-3-4-10-29(19)21(20(22)25)23(32)28-15-7-9-17(26)18(27)11-15/h3,5,7,9,11,14,16,31,33H,4,6,8,10,12-13H2,1-2H3,(H,28,32). The highest BCUT2D eigenvalue weighted by atomic mass is 35.5. The van der Waals surface area contributed by atoms with Crippen molar-refractivity contribution in [3.63, 3.8) is 0 Å². The van der Waals surface area contributed by atoms with Crippen LogP contribution in [-0.4, -0.2) is 57.7 Å². The van der Waals surface area contributed by atoms with Gasteiger partial charge in [-0.1, -0.05) is 17.7 Å². The molecule has 3 atom stereocenters. The van der Waals surface area contributed by atoms with Gasteiger partial charge >= 0.3 is 0 Å². The van der Waals surface area contributed by atoms with Gasteiger partial charge in [0.1, 0.15) is 10.6 Å². The lowest BCUT2D eigenvalue weighted by atomic mass is 9.97. The number of carbonyl (C=O) groups is 1. The Balaban J connectivity index is 1.77. The van der Waals surface area contributed by atoms with E-state index in [1.54, 1.807) is 19.1 Å². The molecule has 4 rings (SSSR count). The van der Waals surface area contributed by atoms with Crippen molar-refractivity contribution in [3.05, 3.63) is 52.3 Å². The second-order valence-electron chi connectivity index (χ2n) is 9.58. The Morgan fingerprint density at radius 1 is 1.28 bits per heavy atom. The molecule has 1 amide bonds. The van der Waals surface area contributed by atoms with E-state index >= 15 is 0 Å². The minimum atomic E-state index is -4.24. The maximum Gasteiger partial charge on any atom is 0.273 e. The van der Waals surface area contributed by atoms with Crippen LogP contribution in [0.2, 0.25) is 5.02 Å². The lowest BCUT2D eigenvalue weighted by Crippen LogP contribution is -2.45. The number of fused-ring (bicyclic) bond motifs is 1. The number of benzene rings is 1. The fraction of sp³-hybridized carbons (Fsp3) is 0.458. The van der Waals surface area contributed by atoms with Crippen molar-refractivity contribution in [1.29, 1.82) is 0 Å². The molecule has 1 aromatic heterocycles. The summed E-state index contributed by atoms with van der Waals surface area (Å²) in [5.41, 5.74) is -1.35. The Morgan fingerprint density at radius 2 is 2.00 bits per heavy atom. The molecule has 1 saturated heterocycles. The monoisotopic (exact) mass is 543 g/mol. The molecule has 2 aliphatic rings. The Kier molecular flexibility index (Phi) is 7.33. The number of sulfonamides is 1. The van der Waals surface area contributed by atoms with Crippen LogP contribution in [0.3, 0.4) is 0 Å². The van der Waals surface area contributed by atoms with Gasteiger partial charge in [-0.15, -0.1) is 0 Å². The number of anilines is 1. The van der Waals surface area contributed by atoms with Crippen molar-refractivity contribution in [3.8, 4) is 0 Å². The molecule has 2 aromatic rings. The summed E-state index contributed by atoms with van der Waals surface area (Å²) in [7, 11) is -4.24. The first-order chi connectivity index (χ1) is 16.9. The molecular formula is C24H28ClF2N3O5S. The summed E-state index contributed by atoms with van der Waals surface area (Å²) in [5.74, 6) is -2.98. The van der Waals surface area contributed by atoms with Crippen molar-refractivity contribution in [2.24, 2.45) is 0 Å². The van der Waals surface area contributed by atoms with Crippen molar-refractivity contribution >= 4 is 39.3 Å². The Bertz CT molecular complexity index is 1330. The van der Waals surface area contributed by atoms with Crippen LogP contribution in [0.25, 0.3) is 6.08 Å². The quantitative estimate of drug-likeness (QED) is 0.492. The lowest BCUT2D eigenvalue weighted by molar-refractivity contribution is -0.0169. The number of nitrogens with one attached hydrogen (secondary N) is 1. The number of hydrogen-bond acceptors (Lipinski definition) is 5. The van der Waals surface area contributed by atoms with Gasteiger partial charge in [0, 0.05) is 30.4 Å². The predicted molar refractivity (Wildman–Crippen MR) is 131 cm³/mol. The fourth-order valence-corrected chi connectivity index (χ4v) is 7.67. The molecule has 3 heterocycles. The van der Waals surface area contributed by atoms with Crippen molar-refractivity contribution in [2.75, 3.05) is 11.9 Å². The molecule has 12 heteroatoms.